The number of hydrogen-bond acceptors (Lipinski definition) is 3. The molecule has 5 nitrogen and oxygen atoms in total. The van der Waals surface area contributed by atoms with E-state index in [-0.39, 0.29) is 24.3 Å². The second kappa shape index (κ2) is 8.36. The van der Waals surface area contributed by atoms with Gasteiger partial charge < -0.3 is 15.0 Å². The number of nitrogens with zero attached hydrogens (tertiary/aromatic N) is 1. The van der Waals surface area contributed by atoms with E-state index in [2.05, 4.69) is 21.2 Å². The van der Waals surface area contributed by atoms with E-state index < -0.39 is 0 Å². The number of ether oxygens (including phenoxy) is 1. The van der Waals surface area contributed by atoms with Gasteiger partial charge in [0.15, 0.2) is 6.61 Å². The third-order valence-corrected chi connectivity index (χ3v) is 4.98. The number of hydrogen-bond donors (Lipinski definition) is 1. The molecule has 2 aromatic rings. The first-order chi connectivity index (χ1) is 12.5. The molecule has 1 aliphatic carbocycles. The summed E-state index contributed by atoms with van der Waals surface area (Å²) in [5.74, 6) is 0.632. The van der Waals surface area contributed by atoms with Crippen LogP contribution in [0.1, 0.15) is 18.4 Å². The van der Waals surface area contributed by atoms with Gasteiger partial charge in [0, 0.05) is 35.7 Å². The summed E-state index contributed by atoms with van der Waals surface area (Å²) in [4.78, 5) is 25.8. The average Bonchev–Trinajstić information content (AvgIpc) is 3.47. The maximum Gasteiger partial charge on any atom is 0.260 e. The van der Waals surface area contributed by atoms with Crippen LogP contribution in [0.2, 0.25) is 0 Å². The molecule has 0 bridgehead atoms. The first kappa shape index (κ1) is 18.5. The van der Waals surface area contributed by atoms with E-state index in [0.29, 0.717) is 18.0 Å². The maximum atomic E-state index is 12.3. The van der Waals surface area contributed by atoms with Crippen molar-refractivity contribution in [2.45, 2.75) is 19.4 Å². The standard InChI is InChI=1S/C20H21BrN2O3/c1-23(12-15-5-2-3-8-18(15)21)19(24)13-26-17-7-4-6-16(11-17)22-20(25)14-9-10-14/h2-8,11,14H,9-10,12-13H2,1H3,(H,22,25). The highest BCUT2D eigenvalue weighted by Gasteiger charge is 2.29. The van der Waals surface area contributed by atoms with Crippen LogP contribution in [-0.2, 0) is 16.1 Å². The quantitative estimate of drug-likeness (QED) is 0.745. The molecule has 0 heterocycles. The molecule has 136 valence electrons. The number of carbonyl (C=O) groups excluding carboxylic acids is 2. The van der Waals surface area contributed by atoms with Crippen molar-refractivity contribution < 1.29 is 14.3 Å². The van der Waals surface area contributed by atoms with Crippen LogP contribution in [0, 0.1) is 5.92 Å². The Morgan fingerprint density at radius 2 is 1.96 bits per heavy atom. The van der Waals surface area contributed by atoms with Crippen molar-refractivity contribution in [3.63, 3.8) is 0 Å². The minimum atomic E-state index is -0.117. The van der Waals surface area contributed by atoms with E-state index in [1.807, 2.05) is 30.3 Å². The molecule has 0 aliphatic heterocycles. The highest BCUT2D eigenvalue weighted by Crippen LogP contribution is 2.30. The van der Waals surface area contributed by atoms with Crippen LogP contribution >= 0.6 is 15.9 Å². The summed E-state index contributed by atoms with van der Waals surface area (Å²) in [7, 11) is 1.75. The Morgan fingerprint density at radius 1 is 1.19 bits per heavy atom. The smallest absolute Gasteiger partial charge is 0.260 e. The summed E-state index contributed by atoms with van der Waals surface area (Å²) >= 11 is 3.49. The molecule has 3 rings (SSSR count). The summed E-state index contributed by atoms with van der Waals surface area (Å²) in [5, 5.41) is 2.87. The Balaban J connectivity index is 1.52. The fraction of sp³-hybridized carbons (Fsp3) is 0.300. The normalized spacial score (nSPS) is 13.2. The molecule has 0 unspecified atom stereocenters. The number of nitrogens with one attached hydrogen (secondary N) is 1. The van der Waals surface area contributed by atoms with E-state index in [1.54, 1.807) is 30.1 Å². The van der Waals surface area contributed by atoms with Crippen LogP contribution in [0.25, 0.3) is 0 Å². The molecule has 2 aromatic carbocycles. The van der Waals surface area contributed by atoms with Crippen LogP contribution in [0.15, 0.2) is 53.0 Å². The van der Waals surface area contributed by atoms with Crippen molar-refractivity contribution in [1.82, 2.24) is 4.90 Å². The zero-order valence-corrected chi connectivity index (χ0v) is 16.2. The lowest BCUT2D eigenvalue weighted by Crippen LogP contribution is -2.31. The van der Waals surface area contributed by atoms with Crippen molar-refractivity contribution in [1.29, 1.82) is 0 Å². The number of carbonyl (C=O) groups is 2. The van der Waals surface area contributed by atoms with E-state index in [4.69, 9.17) is 4.74 Å². The molecule has 26 heavy (non-hydrogen) atoms. The molecule has 0 saturated heterocycles. The molecule has 1 aliphatic rings. The zero-order chi connectivity index (χ0) is 18.5. The molecular weight excluding hydrogens is 396 g/mol. The number of benzene rings is 2. The molecule has 1 N–H and O–H groups in total. The lowest BCUT2D eigenvalue weighted by molar-refractivity contribution is -0.132. The predicted molar refractivity (Wildman–Crippen MR) is 104 cm³/mol. The van der Waals surface area contributed by atoms with Crippen LogP contribution in [0.5, 0.6) is 5.75 Å². The lowest BCUT2D eigenvalue weighted by atomic mass is 10.2. The SMILES string of the molecule is CN(Cc1ccccc1Br)C(=O)COc1cccc(NC(=O)C2CC2)c1. The molecule has 6 heteroatoms. The van der Waals surface area contributed by atoms with Crippen LogP contribution in [0.3, 0.4) is 0 Å². The highest BCUT2D eigenvalue weighted by molar-refractivity contribution is 9.10. The van der Waals surface area contributed by atoms with Gasteiger partial charge in [0.25, 0.3) is 5.91 Å². The van der Waals surface area contributed by atoms with Crippen molar-refractivity contribution >= 4 is 33.4 Å². The van der Waals surface area contributed by atoms with Gasteiger partial charge in [-0.3, -0.25) is 9.59 Å². The lowest BCUT2D eigenvalue weighted by Gasteiger charge is -2.18. The topological polar surface area (TPSA) is 58.6 Å². The van der Waals surface area contributed by atoms with E-state index >= 15 is 0 Å². The van der Waals surface area contributed by atoms with Crippen LogP contribution < -0.4 is 10.1 Å². The third-order valence-electron chi connectivity index (χ3n) is 4.20. The largest absolute Gasteiger partial charge is 0.484 e. The zero-order valence-electron chi connectivity index (χ0n) is 14.6. The summed E-state index contributed by atoms with van der Waals surface area (Å²) in [6, 6.07) is 14.9. The van der Waals surface area contributed by atoms with Crippen molar-refractivity contribution in [3.05, 3.63) is 58.6 Å². The van der Waals surface area contributed by atoms with Gasteiger partial charge in [-0.05, 0) is 36.6 Å². The Kier molecular flexibility index (Phi) is 5.93. The number of rotatable bonds is 7. The summed E-state index contributed by atoms with van der Waals surface area (Å²) in [6.45, 7) is 0.447. The summed E-state index contributed by atoms with van der Waals surface area (Å²) < 4.78 is 6.57. The Bertz CT molecular complexity index is 805. The van der Waals surface area contributed by atoms with Gasteiger partial charge in [0.05, 0.1) is 0 Å². The fourth-order valence-corrected chi connectivity index (χ4v) is 2.89. The van der Waals surface area contributed by atoms with Gasteiger partial charge in [0.1, 0.15) is 5.75 Å². The molecule has 0 atom stereocenters. The predicted octanol–water partition coefficient (Wildman–Crippen LogP) is 3.84. The average molecular weight is 417 g/mol. The van der Waals surface area contributed by atoms with Crippen LogP contribution in [-0.4, -0.2) is 30.4 Å². The molecule has 1 fully saturated rings. The van der Waals surface area contributed by atoms with Crippen molar-refractivity contribution in [2.24, 2.45) is 5.92 Å². The molecule has 0 radical (unpaired) electrons. The van der Waals surface area contributed by atoms with Gasteiger partial charge >= 0.3 is 0 Å². The number of halogens is 1. The number of anilines is 1. The van der Waals surface area contributed by atoms with E-state index in [0.717, 1.165) is 22.9 Å². The van der Waals surface area contributed by atoms with Gasteiger partial charge in [-0.15, -0.1) is 0 Å². The van der Waals surface area contributed by atoms with Crippen molar-refractivity contribution in [3.8, 4) is 5.75 Å². The molecule has 0 spiro atoms. The van der Waals surface area contributed by atoms with E-state index in [9.17, 15) is 9.59 Å². The Labute approximate surface area is 161 Å². The second-order valence-electron chi connectivity index (χ2n) is 6.42. The third kappa shape index (κ3) is 5.08. The fourth-order valence-electron chi connectivity index (χ4n) is 2.48. The number of amides is 2. The van der Waals surface area contributed by atoms with Gasteiger partial charge in [-0.25, -0.2) is 0 Å². The molecule has 2 amide bonds. The Hall–Kier alpha value is -2.34. The first-order valence-electron chi connectivity index (χ1n) is 8.54. The first-order valence-corrected chi connectivity index (χ1v) is 9.33. The Morgan fingerprint density at radius 3 is 2.69 bits per heavy atom. The van der Waals surface area contributed by atoms with Gasteiger partial charge in [-0.2, -0.15) is 0 Å². The highest BCUT2D eigenvalue weighted by atomic mass is 79.9. The summed E-state index contributed by atoms with van der Waals surface area (Å²) in [6.07, 6.45) is 1.92. The van der Waals surface area contributed by atoms with E-state index in [1.165, 1.54) is 0 Å². The molecule has 0 aromatic heterocycles. The maximum absolute atomic E-state index is 12.3. The van der Waals surface area contributed by atoms with Gasteiger partial charge in [0.2, 0.25) is 5.91 Å². The second-order valence-corrected chi connectivity index (χ2v) is 7.28. The summed E-state index contributed by atoms with van der Waals surface area (Å²) in [5.41, 5.74) is 1.72. The minimum absolute atomic E-state index is 0.0476. The molecule has 1 saturated carbocycles. The van der Waals surface area contributed by atoms with Gasteiger partial charge in [-0.1, -0.05) is 40.2 Å². The molecular formula is C20H21BrN2O3. The van der Waals surface area contributed by atoms with Crippen LogP contribution in [0.4, 0.5) is 5.69 Å². The minimum Gasteiger partial charge on any atom is -0.484 e. The number of likely N-dealkylation sites (N-methyl/N-ethyl adjacent to an activating group) is 1. The van der Waals surface area contributed by atoms with Crippen molar-refractivity contribution in [2.75, 3.05) is 19.0 Å². The monoisotopic (exact) mass is 416 g/mol.